The van der Waals surface area contributed by atoms with Crippen molar-refractivity contribution < 1.29 is 9.18 Å². The quantitative estimate of drug-likeness (QED) is 0.800. The molecule has 0 spiro atoms. The summed E-state index contributed by atoms with van der Waals surface area (Å²) >= 11 is 6.18. The average Bonchev–Trinajstić information content (AvgIpc) is 2.70. The second-order valence-corrected chi connectivity index (χ2v) is 5.49. The molecular weight excluding hydrogens is 307 g/mol. The fourth-order valence-corrected chi connectivity index (χ4v) is 2.19. The third kappa shape index (κ3) is 6.75. The number of hydrogen-bond acceptors (Lipinski definition) is 4. The summed E-state index contributed by atoms with van der Waals surface area (Å²) in [5.41, 5.74) is 6.33. The molecule has 1 aliphatic rings. The Hall–Kier alpha value is -1.14. The van der Waals surface area contributed by atoms with Gasteiger partial charge in [0.2, 0.25) is 0 Å². The molecule has 0 aromatic heterocycles. The van der Waals surface area contributed by atoms with Crippen LogP contribution >= 0.6 is 11.6 Å². The van der Waals surface area contributed by atoms with Crippen LogP contribution in [-0.4, -0.2) is 67.9 Å². The van der Waals surface area contributed by atoms with Crippen LogP contribution in [0.25, 0.3) is 0 Å². The zero-order chi connectivity index (χ0) is 17.3. The summed E-state index contributed by atoms with van der Waals surface area (Å²) < 4.78 is 12.9. The smallest absolute Gasteiger partial charge is 0.271 e. The highest BCUT2D eigenvalue weighted by Crippen LogP contribution is 2.14. The minimum absolute atomic E-state index is 0.0178. The van der Waals surface area contributed by atoms with Gasteiger partial charge in [0.1, 0.15) is 11.9 Å². The van der Waals surface area contributed by atoms with Crippen LogP contribution in [0.3, 0.4) is 0 Å². The number of alkyl halides is 1. The lowest BCUT2D eigenvalue weighted by molar-refractivity contribution is -0.126. The molecule has 0 bridgehead atoms. The maximum absolute atomic E-state index is 12.9. The van der Waals surface area contributed by atoms with E-state index in [1.807, 2.05) is 20.9 Å². The minimum Gasteiger partial charge on any atom is -0.393 e. The van der Waals surface area contributed by atoms with E-state index in [9.17, 15) is 9.18 Å². The zero-order valence-electron chi connectivity index (χ0n) is 14.2. The number of carbonyl (C=O) groups excluding carboxylic acids is 1. The molecule has 0 aromatic carbocycles. The highest BCUT2D eigenvalue weighted by Gasteiger charge is 2.21. The summed E-state index contributed by atoms with van der Waals surface area (Å²) in [6.07, 6.45) is -0.172. The second kappa shape index (κ2) is 10.6. The Kier molecular flexibility index (Phi) is 10.0. The number of aliphatic imine (C=N–C) groups is 1. The van der Waals surface area contributed by atoms with Gasteiger partial charge in [-0.1, -0.05) is 25.4 Å². The molecule has 7 heteroatoms. The van der Waals surface area contributed by atoms with Crippen LogP contribution in [0.15, 0.2) is 15.7 Å². The van der Waals surface area contributed by atoms with Crippen LogP contribution in [0.2, 0.25) is 0 Å². The molecule has 2 N–H and O–H groups in total. The van der Waals surface area contributed by atoms with Crippen molar-refractivity contribution in [2.24, 2.45) is 10.7 Å². The average molecular weight is 335 g/mol. The summed E-state index contributed by atoms with van der Waals surface area (Å²) in [5, 5.41) is 0.169. The fraction of sp³-hybridized carbons (Fsp3) is 0.733. The summed E-state index contributed by atoms with van der Waals surface area (Å²) in [4.78, 5) is 19.7. The van der Waals surface area contributed by atoms with Gasteiger partial charge < -0.3 is 15.5 Å². The van der Waals surface area contributed by atoms with E-state index in [0.29, 0.717) is 18.8 Å². The van der Waals surface area contributed by atoms with Gasteiger partial charge >= 0.3 is 0 Å². The molecule has 1 amide bonds. The van der Waals surface area contributed by atoms with Gasteiger partial charge in [0.25, 0.3) is 5.91 Å². The molecule has 0 aliphatic carbocycles. The molecule has 0 saturated heterocycles. The predicted molar refractivity (Wildman–Crippen MR) is 91.0 cm³/mol. The van der Waals surface area contributed by atoms with E-state index < -0.39 is 12.1 Å². The third-order valence-electron chi connectivity index (χ3n) is 3.01. The number of amides is 1. The van der Waals surface area contributed by atoms with Crippen molar-refractivity contribution in [1.82, 2.24) is 9.80 Å². The Balaban J connectivity index is 0.00000211. The van der Waals surface area contributed by atoms with Crippen LogP contribution in [0, 0.1) is 0 Å². The van der Waals surface area contributed by atoms with Gasteiger partial charge in [0.05, 0.1) is 17.3 Å². The molecule has 0 radical (unpaired) electrons. The first-order valence-electron chi connectivity index (χ1n) is 7.60. The van der Waals surface area contributed by atoms with E-state index in [1.165, 1.54) is 18.9 Å². The van der Waals surface area contributed by atoms with E-state index in [2.05, 4.69) is 9.89 Å². The monoisotopic (exact) mass is 334 g/mol. The Morgan fingerprint density at radius 3 is 2.68 bits per heavy atom. The Bertz CT molecular complexity index is 424. The van der Waals surface area contributed by atoms with Crippen molar-refractivity contribution in [2.75, 3.05) is 40.3 Å². The van der Waals surface area contributed by atoms with Gasteiger partial charge in [0.15, 0.2) is 0 Å². The largest absolute Gasteiger partial charge is 0.393 e. The molecule has 1 unspecified atom stereocenters. The van der Waals surface area contributed by atoms with E-state index >= 15 is 0 Å². The van der Waals surface area contributed by atoms with Crippen LogP contribution in [0.5, 0.6) is 0 Å². The molecule has 1 aliphatic heterocycles. The lowest BCUT2D eigenvalue weighted by Gasteiger charge is -2.19. The van der Waals surface area contributed by atoms with Crippen LogP contribution in [0.1, 0.15) is 27.2 Å². The minimum atomic E-state index is -1.11. The van der Waals surface area contributed by atoms with Crippen LogP contribution < -0.4 is 5.73 Å². The number of rotatable bonds is 4. The van der Waals surface area contributed by atoms with Crippen molar-refractivity contribution in [3.8, 4) is 0 Å². The van der Waals surface area contributed by atoms with Gasteiger partial charge in [0, 0.05) is 26.7 Å². The number of halogens is 2. The maximum Gasteiger partial charge on any atom is 0.271 e. The normalized spacial score (nSPS) is 18.2. The molecule has 0 fully saturated rings. The standard InChI is InChI=1S/C13H22ClFN4O.C2H6/c1-9(15)7-19(3)13(20)12(16)11(14)10-8-18(2)6-4-5-17-10;1-2/h9H,4-8,16H2,1-3H3;1-2H3/b12-11+;. The number of nitrogens with two attached hydrogens (primary N) is 1. The first-order valence-corrected chi connectivity index (χ1v) is 7.97. The summed E-state index contributed by atoms with van der Waals surface area (Å²) in [6, 6.07) is 0. The van der Waals surface area contributed by atoms with Crippen LogP contribution in [0.4, 0.5) is 4.39 Å². The molecular formula is C15H28ClFN4O. The van der Waals surface area contributed by atoms with Gasteiger partial charge in [-0.15, -0.1) is 0 Å². The predicted octanol–water partition coefficient (Wildman–Crippen LogP) is 2.01. The van der Waals surface area contributed by atoms with Gasteiger partial charge in [-0.05, 0) is 20.4 Å². The topological polar surface area (TPSA) is 61.9 Å². The lowest BCUT2D eigenvalue weighted by atomic mass is 10.2. The lowest BCUT2D eigenvalue weighted by Crippen LogP contribution is -2.36. The Morgan fingerprint density at radius 1 is 1.55 bits per heavy atom. The molecule has 0 saturated carbocycles. The highest BCUT2D eigenvalue weighted by atomic mass is 35.5. The van der Waals surface area contributed by atoms with Crippen molar-refractivity contribution in [3.63, 3.8) is 0 Å². The van der Waals surface area contributed by atoms with Gasteiger partial charge in [-0.2, -0.15) is 0 Å². The fourth-order valence-electron chi connectivity index (χ4n) is 1.99. The number of likely N-dealkylation sites (N-methyl/N-ethyl adjacent to an activating group) is 1. The van der Waals surface area contributed by atoms with E-state index in [-0.39, 0.29) is 17.3 Å². The summed E-state index contributed by atoms with van der Waals surface area (Å²) in [6.45, 7) is 7.50. The molecule has 1 atom stereocenters. The summed E-state index contributed by atoms with van der Waals surface area (Å²) in [7, 11) is 3.45. The van der Waals surface area contributed by atoms with E-state index in [1.54, 1.807) is 0 Å². The number of carbonyl (C=O) groups is 1. The molecule has 22 heavy (non-hydrogen) atoms. The van der Waals surface area contributed by atoms with Crippen LogP contribution in [-0.2, 0) is 4.79 Å². The number of nitrogens with zero attached hydrogens (tertiary/aromatic N) is 3. The summed E-state index contributed by atoms with van der Waals surface area (Å²) in [5.74, 6) is -0.478. The molecule has 5 nitrogen and oxygen atoms in total. The van der Waals surface area contributed by atoms with Crippen molar-refractivity contribution in [2.45, 2.75) is 33.4 Å². The van der Waals surface area contributed by atoms with E-state index in [4.69, 9.17) is 17.3 Å². The second-order valence-electron chi connectivity index (χ2n) is 5.11. The van der Waals surface area contributed by atoms with Crippen molar-refractivity contribution >= 4 is 23.2 Å². The first kappa shape index (κ1) is 20.9. The third-order valence-corrected chi connectivity index (χ3v) is 3.43. The number of hydrogen-bond donors (Lipinski definition) is 1. The van der Waals surface area contributed by atoms with Gasteiger partial charge in [-0.25, -0.2) is 4.39 Å². The maximum atomic E-state index is 12.9. The van der Waals surface area contributed by atoms with Crippen molar-refractivity contribution in [1.29, 1.82) is 0 Å². The van der Waals surface area contributed by atoms with Gasteiger partial charge in [-0.3, -0.25) is 9.79 Å². The zero-order valence-corrected chi connectivity index (χ0v) is 15.0. The molecule has 1 rings (SSSR count). The molecule has 0 aromatic rings. The SMILES string of the molecule is CC.CC(F)CN(C)C(=O)/C(N)=C(\Cl)C1=NCCCN(C)C1. The Morgan fingerprint density at radius 2 is 2.14 bits per heavy atom. The molecule has 1 heterocycles. The highest BCUT2D eigenvalue weighted by molar-refractivity contribution is 6.45. The first-order chi connectivity index (χ1) is 10.3. The molecule has 128 valence electrons. The van der Waals surface area contributed by atoms with Crippen molar-refractivity contribution in [3.05, 3.63) is 10.7 Å². The van der Waals surface area contributed by atoms with E-state index in [0.717, 1.165) is 13.0 Å². The Labute approximate surface area is 138 Å².